The predicted octanol–water partition coefficient (Wildman–Crippen LogP) is 3.18. The highest BCUT2D eigenvalue weighted by molar-refractivity contribution is 7.09. The first kappa shape index (κ1) is 25.6. The minimum Gasteiger partial charge on any atom is -0.337 e. The van der Waals surface area contributed by atoms with Crippen molar-refractivity contribution in [3.05, 3.63) is 75.1 Å². The summed E-state index contributed by atoms with van der Waals surface area (Å²) >= 11 is 1.56. The number of piperidine rings is 1. The molecular weight excluding hydrogens is 512 g/mol. The molecule has 0 saturated carbocycles. The maximum atomic E-state index is 13.2. The largest absolute Gasteiger partial charge is 0.337 e. The van der Waals surface area contributed by atoms with Gasteiger partial charge in [-0.25, -0.2) is 9.50 Å². The lowest BCUT2D eigenvalue weighted by Gasteiger charge is -2.34. The number of likely N-dealkylation sites (tertiary alicyclic amines) is 1. The number of thiazole rings is 1. The second-order valence-electron chi connectivity index (χ2n) is 10.4. The highest BCUT2D eigenvalue weighted by Gasteiger charge is 2.30. The van der Waals surface area contributed by atoms with E-state index in [1.807, 2.05) is 41.2 Å². The SMILES string of the molecule is Cc1cc2nnc(C(=O)N3CCC(c4nc(C(=O)N5CCN(Cc6ccccc6)CC5)cs4)CC3)c(C)n2n1. The van der Waals surface area contributed by atoms with Crippen molar-refractivity contribution in [2.45, 2.75) is 39.2 Å². The van der Waals surface area contributed by atoms with E-state index in [9.17, 15) is 9.59 Å². The van der Waals surface area contributed by atoms with Crippen molar-refractivity contribution in [3.8, 4) is 0 Å². The summed E-state index contributed by atoms with van der Waals surface area (Å²) in [5.41, 5.74) is 4.36. The standard InChI is InChI=1S/C28H32N8O2S/c1-19-16-24-30-31-25(20(2)36(24)32-19)28(38)34-10-8-22(9-11-34)26-29-23(18-39-26)27(37)35-14-12-33(13-15-35)17-21-6-4-3-5-7-21/h3-7,16,18,22H,8-15,17H2,1-2H3. The zero-order valence-corrected chi connectivity index (χ0v) is 23.1. The first-order valence-electron chi connectivity index (χ1n) is 13.5. The molecule has 202 valence electrons. The molecule has 2 saturated heterocycles. The fourth-order valence-electron chi connectivity index (χ4n) is 5.44. The molecule has 0 atom stereocenters. The Morgan fingerprint density at radius 3 is 2.38 bits per heavy atom. The van der Waals surface area contributed by atoms with Crippen molar-refractivity contribution in [1.29, 1.82) is 0 Å². The third-order valence-corrected chi connectivity index (χ3v) is 8.72. The van der Waals surface area contributed by atoms with Crippen molar-refractivity contribution in [3.63, 3.8) is 0 Å². The minimum absolute atomic E-state index is 0.0165. The average molecular weight is 545 g/mol. The van der Waals surface area contributed by atoms with Crippen molar-refractivity contribution in [2.75, 3.05) is 39.3 Å². The number of hydrogen-bond donors (Lipinski definition) is 0. The second kappa shape index (κ2) is 10.8. The van der Waals surface area contributed by atoms with Crippen LogP contribution in [0.1, 0.15) is 61.7 Å². The molecule has 2 aliphatic heterocycles. The van der Waals surface area contributed by atoms with E-state index in [0.29, 0.717) is 48.9 Å². The Hall–Kier alpha value is -3.70. The lowest BCUT2D eigenvalue weighted by Crippen LogP contribution is -2.48. The maximum absolute atomic E-state index is 13.2. The Bertz CT molecular complexity index is 1480. The zero-order chi connectivity index (χ0) is 26.9. The van der Waals surface area contributed by atoms with Crippen LogP contribution >= 0.6 is 11.3 Å². The number of amides is 2. The molecule has 0 N–H and O–H groups in total. The Morgan fingerprint density at radius 1 is 0.923 bits per heavy atom. The number of hydrogen-bond acceptors (Lipinski definition) is 8. The smallest absolute Gasteiger partial charge is 0.276 e. The monoisotopic (exact) mass is 544 g/mol. The zero-order valence-electron chi connectivity index (χ0n) is 22.3. The fourth-order valence-corrected chi connectivity index (χ4v) is 6.41. The van der Waals surface area contributed by atoms with Gasteiger partial charge in [0.15, 0.2) is 11.3 Å². The molecule has 5 heterocycles. The molecular formula is C28H32N8O2S. The summed E-state index contributed by atoms with van der Waals surface area (Å²) in [5, 5.41) is 15.7. The highest BCUT2D eigenvalue weighted by atomic mass is 32.1. The van der Waals surface area contributed by atoms with E-state index in [0.717, 1.165) is 43.2 Å². The van der Waals surface area contributed by atoms with Crippen molar-refractivity contribution in [1.82, 2.24) is 39.5 Å². The molecule has 0 spiro atoms. The Kier molecular flexibility index (Phi) is 7.09. The van der Waals surface area contributed by atoms with Gasteiger partial charge >= 0.3 is 0 Å². The van der Waals surface area contributed by atoms with E-state index in [-0.39, 0.29) is 17.7 Å². The van der Waals surface area contributed by atoms with E-state index in [1.165, 1.54) is 5.56 Å². The third kappa shape index (κ3) is 5.28. The molecule has 0 radical (unpaired) electrons. The van der Waals surface area contributed by atoms with Gasteiger partial charge in [0.1, 0.15) is 5.69 Å². The first-order chi connectivity index (χ1) is 19.0. The van der Waals surface area contributed by atoms with Gasteiger partial charge in [-0.3, -0.25) is 14.5 Å². The Balaban J connectivity index is 1.03. The van der Waals surface area contributed by atoms with Crippen LogP contribution < -0.4 is 0 Å². The van der Waals surface area contributed by atoms with Crippen LogP contribution in [-0.2, 0) is 6.54 Å². The highest BCUT2D eigenvalue weighted by Crippen LogP contribution is 2.31. The molecule has 0 unspecified atom stereocenters. The molecule has 4 aromatic rings. The molecule has 39 heavy (non-hydrogen) atoms. The van der Waals surface area contributed by atoms with Crippen LogP contribution in [0.5, 0.6) is 0 Å². The van der Waals surface area contributed by atoms with E-state index in [1.54, 1.807) is 15.9 Å². The molecule has 2 aliphatic rings. The van der Waals surface area contributed by atoms with Crippen LogP contribution in [0.2, 0.25) is 0 Å². The van der Waals surface area contributed by atoms with Gasteiger partial charge in [0.2, 0.25) is 0 Å². The number of benzene rings is 1. The van der Waals surface area contributed by atoms with Crippen LogP contribution in [0.4, 0.5) is 0 Å². The van der Waals surface area contributed by atoms with Gasteiger partial charge in [-0.1, -0.05) is 30.3 Å². The number of rotatable bonds is 5. The van der Waals surface area contributed by atoms with Gasteiger partial charge in [0, 0.05) is 63.2 Å². The molecule has 0 bridgehead atoms. The molecule has 1 aromatic carbocycles. The second-order valence-corrected chi connectivity index (χ2v) is 11.3. The lowest BCUT2D eigenvalue weighted by molar-refractivity contribution is 0.0623. The predicted molar refractivity (Wildman–Crippen MR) is 148 cm³/mol. The topological polar surface area (TPSA) is 99.8 Å². The Morgan fingerprint density at radius 2 is 1.64 bits per heavy atom. The van der Waals surface area contributed by atoms with Crippen LogP contribution in [-0.4, -0.2) is 90.6 Å². The summed E-state index contributed by atoms with van der Waals surface area (Å²) in [5.74, 6) is 0.143. The normalized spacial score (nSPS) is 17.2. The van der Waals surface area contributed by atoms with Crippen molar-refractivity contribution in [2.24, 2.45) is 0 Å². The van der Waals surface area contributed by atoms with Crippen LogP contribution in [0.15, 0.2) is 41.8 Å². The van der Waals surface area contributed by atoms with E-state index in [4.69, 9.17) is 4.98 Å². The molecule has 3 aromatic heterocycles. The van der Waals surface area contributed by atoms with Crippen LogP contribution in [0, 0.1) is 13.8 Å². The molecule has 11 heteroatoms. The first-order valence-corrected chi connectivity index (χ1v) is 14.3. The molecule has 6 rings (SSSR count). The minimum atomic E-state index is -0.116. The number of carbonyl (C=O) groups excluding carboxylic acids is 2. The van der Waals surface area contributed by atoms with E-state index < -0.39 is 0 Å². The lowest BCUT2D eigenvalue weighted by atomic mass is 9.97. The van der Waals surface area contributed by atoms with Gasteiger partial charge in [-0.15, -0.1) is 21.5 Å². The molecule has 2 amide bonds. The molecule has 2 fully saturated rings. The van der Waals surface area contributed by atoms with Gasteiger partial charge < -0.3 is 9.80 Å². The average Bonchev–Trinajstić information content (AvgIpc) is 3.61. The Labute approximate surface area is 231 Å². The third-order valence-electron chi connectivity index (χ3n) is 7.71. The number of nitrogens with zero attached hydrogens (tertiary/aromatic N) is 8. The summed E-state index contributed by atoms with van der Waals surface area (Å²) in [6.07, 6.45) is 1.61. The number of carbonyl (C=O) groups is 2. The summed E-state index contributed by atoms with van der Waals surface area (Å²) in [6, 6.07) is 12.3. The quantitative estimate of drug-likeness (QED) is 0.381. The van der Waals surface area contributed by atoms with Gasteiger partial charge in [-0.2, -0.15) is 5.10 Å². The van der Waals surface area contributed by atoms with Gasteiger partial charge in [-0.05, 0) is 32.3 Å². The molecule has 10 nitrogen and oxygen atoms in total. The number of piperazine rings is 1. The van der Waals surface area contributed by atoms with Gasteiger partial charge in [0.25, 0.3) is 11.8 Å². The summed E-state index contributed by atoms with van der Waals surface area (Å²) in [7, 11) is 0. The summed E-state index contributed by atoms with van der Waals surface area (Å²) in [4.78, 5) is 37.3. The summed E-state index contributed by atoms with van der Waals surface area (Å²) in [6.45, 7) is 9.05. The number of aryl methyl sites for hydroxylation is 2. The van der Waals surface area contributed by atoms with E-state index in [2.05, 4.69) is 44.5 Å². The van der Waals surface area contributed by atoms with E-state index >= 15 is 0 Å². The van der Waals surface area contributed by atoms with Crippen LogP contribution in [0.3, 0.4) is 0 Å². The van der Waals surface area contributed by atoms with Crippen molar-refractivity contribution < 1.29 is 9.59 Å². The van der Waals surface area contributed by atoms with Crippen molar-refractivity contribution >= 4 is 28.8 Å². The maximum Gasteiger partial charge on any atom is 0.276 e. The van der Waals surface area contributed by atoms with Crippen LogP contribution in [0.25, 0.3) is 5.65 Å². The number of fused-ring (bicyclic) bond motifs is 1. The summed E-state index contributed by atoms with van der Waals surface area (Å²) < 4.78 is 1.68. The molecule has 0 aliphatic carbocycles. The van der Waals surface area contributed by atoms with Gasteiger partial charge in [0.05, 0.1) is 16.4 Å². The number of aromatic nitrogens is 5. The fraction of sp³-hybridized carbons (Fsp3) is 0.429.